The van der Waals surface area contributed by atoms with E-state index in [1.54, 1.807) is 39.2 Å². The molecule has 0 atom stereocenters. The van der Waals surface area contributed by atoms with E-state index in [0.29, 0.717) is 40.7 Å². The molecule has 7 heteroatoms. The Balaban J connectivity index is 2.08. The predicted molar refractivity (Wildman–Crippen MR) is 90.8 cm³/mol. The van der Waals surface area contributed by atoms with Gasteiger partial charge in [-0.1, -0.05) is 0 Å². The maximum Gasteiger partial charge on any atom is 0.254 e. The van der Waals surface area contributed by atoms with Gasteiger partial charge in [0.05, 0.1) is 19.9 Å². The van der Waals surface area contributed by atoms with Crippen LogP contribution < -0.4 is 20.3 Å². The summed E-state index contributed by atoms with van der Waals surface area (Å²) in [6, 6.07) is 5.14. The molecule has 0 spiro atoms. The predicted octanol–water partition coefficient (Wildman–Crippen LogP) is 1.98. The number of hydrogen-bond acceptors (Lipinski definition) is 5. The van der Waals surface area contributed by atoms with Crippen LogP contribution in [-0.2, 0) is 11.2 Å². The molecule has 0 unspecified atom stereocenters. The van der Waals surface area contributed by atoms with Crippen LogP contribution in [0.25, 0.3) is 0 Å². The first-order valence-electron chi connectivity index (χ1n) is 7.53. The molecular formula is C17H21N3O4. The SMILES string of the molecule is COc1ccc(OC)c(NC(=O)CCc2c(C)nc(C)[nH]c2=O)c1. The molecule has 0 aliphatic carbocycles. The fourth-order valence-corrected chi connectivity index (χ4v) is 2.41. The minimum absolute atomic E-state index is 0.162. The van der Waals surface area contributed by atoms with Gasteiger partial charge in [-0.2, -0.15) is 0 Å². The van der Waals surface area contributed by atoms with Crippen LogP contribution in [0.5, 0.6) is 11.5 Å². The highest BCUT2D eigenvalue weighted by atomic mass is 16.5. The van der Waals surface area contributed by atoms with Crippen molar-refractivity contribution in [3.8, 4) is 11.5 Å². The van der Waals surface area contributed by atoms with Gasteiger partial charge < -0.3 is 19.8 Å². The number of amides is 1. The van der Waals surface area contributed by atoms with Crippen LogP contribution in [0.1, 0.15) is 23.5 Å². The van der Waals surface area contributed by atoms with Gasteiger partial charge in [-0.25, -0.2) is 4.98 Å². The third-order valence-electron chi connectivity index (χ3n) is 3.62. The Labute approximate surface area is 140 Å². The lowest BCUT2D eigenvalue weighted by Crippen LogP contribution is -2.20. The summed E-state index contributed by atoms with van der Waals surface area (Å²) in [4.78, 5) is 31.0. The van der Waals surface area contributed by atoms with Crippen LogP contribution in [0.3, 0.4) is 0 Å². The lowest BCUT2D eigenvalue weighted by molar-refractivity contribution is -0.116. The van der Waals surface area contributed by atoms with Crippen molar-refractivity contribution in [3.05, 3.63) is 45.6 Å². The zero-order valence-corrected chi connectivity index (χ0v) is 14.2. The van der Waals surface area contributed by atoms with Crippen LogP contribution in [0.4, 0.5) is 5.69 Å². The second-order valence-corrected chi connectivity index (χ2v) is 5.33. The summed E-state index contributed by atoms with van der Waals surface area (Å²) in [7, 11) is 3.07. The van der Waals surface area contributed by atoms with Crippen LogP contribution in [0.2, 0.25) is 0 Å². The first-order valence-corrected chi connectivity index (χ1v) is 7.53. The van der Waals surface area contributed by atoms with E-state index in [4.69, 9.17) is 9.47 Å². The van der Waals surface area contributed by atoms with E-state index in [1.807, 2.05) is 0 Å². The number of aromatic amines is 1. The standard InChI is InChI=1S/C17H21N3O4/c1-10-13(17(22)19-11(2)18-10)6-8-16(21)20-14-9-12(23-3)5-7-15(14)24-4/h5,7,9H,6,8H2,1-4H3,(H,20,21)(H,18,19,22). The van der Waals surface area contributed by atoms with Crippen molar-refractivity contribution in [1.29, 1.82) is 0 Å². The molecule has 0 saturated heterocycles. The van der Waals surface area contributed by atoms with E-state index in [-0.39, 0.29) is 17.9 Å². The van der Waals surface area contributed by atoms with E-state index < -0.39 is 0 Å². The van der Waals surface area contributed by atoms with Crippen molar-refractivity contribution in [2.45, 2.75) is 26.7 Å². The van der Waals surface area contributed by atoms with Crippen molar-refractivity contribution in [2.24, 2.45) is 0 Å². The van der Waals surface area contributed by atoms with Crippen molar-refractivity contribution >= 4 is 11.6 Å². The third kappa shape index (κ3) is 4.13. The minimum atomic E-state index is -0.221. The van der Waals surface area contributed by atoms with Gasteiger partial charge in [0.25, 0.3) is 5.56 Å². The van der Waals surface area contributed by atoms with Gasteiger partial charge >= 0.3 is 0 Å². The number of H-pyrrole nitrogens is 1. The Morgan fingerprint density at radius 2 is 2.00 bits per heavy atom. The fraction of sp³-hybridized carbons (Fsp3) is 0.353. The summed E-state index contributed by atoms with van der Waals surface area (Å²) in [5.41, 5.74) is 1.48. The quantitative estimate of drug-likeness (QED) is 0.844. The Hall–Kier alpha value is -2.83. The monoisotopic (exact) mass is 331 g/mol. The molecule has 0 aliphatic rings. The molecule has 1 amide bonds. The Morgan fingerprint density at radius 1 is 1.25 bits per heavy atom. The molecule has 128 valence electrons. The number of carbonyl (C=O) groups excluding carboxylic acids is 1. The van der Waals surface area contributed by atoms with Crippen molar-refractivity contribution < 1.29 is 14.3 Å². The molecule has 2 rings (SSSR count). The molecule has 0 aliphatic heterocycles. The smallest absolute Gasteiger partial charge is 0.254 e. The fourth-order valence-electron chi connectivity index (χ4n) is 2.41. The van der Waals surface area contributed by atoms with E-state index in [1.165, 1.54) is 7.11 Å². The van der Waals surface area contributed by atoms with Crippen molar-refractivity contribution in [3.63, 3.8) is 0 Å². The topological polar surface area (TPSA) is 93.3 Å². The summed E-state index contributed by atoms with van der Waals surface area (Å²) in [5, 5.41) is 2.78. The zero-order valence-electron chi connectivity index (χ0n) is 14.2. The number of anilines is 1. The summed E-state index contributed by atoms with van der Waals surface area (Å²) >= 11 is 0. The van der Waals surface area contributed by atoms with Gasteiger partial charge in [-0.05, 0) is 32.4 Å². The number of nitrogens with zero attached hydrogens (tertiary/aromatic N) is 1. The summed E-state index contributed by atoms with van der Waals surface area (Å²) < 4.78 is 10.4. The number of aryl methyl sites for hydroxylation is 2. The molecular weight excluding hydrogens is 310 g/mol. The van der Waals surface area contributed by atoms with Gasteiger partial charge in [0.2, 0.25) is 5.91 Å². The van der Waals surface area contributed by atoms with Crippen molar-refractivity contribution in [1.82, 2.24) is 9.97 Å². The van der Waals surface area contributed by atoms with Gasteiger partial charge in [-0.15, -0.1) is 0 Å². The number of aromatic nitrogens is 2. The van der Waals surface area contributed by atoms with Gasteiger partial charge in [0.15, 0.2) is 0 Å². The molecule has 0 saturated carbocycles. The number of benzene rings is 1. The van der Waals surface area contributed by atoms with E-state index in [9.17, 15) is 9.59 Å². The number of carbonyl (C=O) groups is 1. The first-order chi connectivity index (χ1) is 11.4. The van der Waals surface area contributed by atoms with E-state index in [2.05, 4.69) is 15.3 Å². The lowest BCUT2D eigenvalue weighted by Gasteiger charge is -2.12. The lowest BCUT2D eigenvalue weighted by atomic mass is 10.1. The van der Waals surface area contributed by atoms with Crippen LogP contribution in [0, 0.1) is 13.8 Å². The molecule has 0 bridgehead atoms. The maximum absolute atomic E-state index is 12.2. The van der Waals surface area contributed by atoms with E-state index in [0.717, 1.165) is 0 Å². The Kier molecular flexibility index (Phi) is 5.57. The number of rotatable bonds is 6. The van der Waals surface area contributed by atoms with Crippen LogP contribution >= 0.6 is 0 Å². The number of ether oxygens (including phenoxy) is 2. The average molecular weight is 331 g/mol. The van der Waals surface area contributed by atoms with E-state index >= 15 is 0 Å². The highest BCUT2D eigenvalue weighted by molar-refractivity contribution is 5.92. The molecule has 2 aromatic rings. The molecule has 2 N–H and O–H groups in total. The molecule has 1 aromatic heterocycles. The largest absolute Gasteiger partial charge is 0.497 e. The minimum Gasteiger partial charge on any atom is -0.497 e. The molecule has 24 heavy (non-hydrogen) atoms. The Bertz CT molecular complexity index is 799. The second kappa shape index (κ2) is 7.63. The number of hydrogen-bond donors (Lipinski definition) is 2. The van der Waals surface area contributed by atoms with Gasteiger partial charge in [0.1, 0.15) is 17.3 Å². The molecule has 7 nitrogen and oxygen atoms in total. The Morgan fingerprint density at radius 3 is 2.62 bits per heavy atom. The van der Waals surface area contributed by atoms with Gasteiger partial charge in [0, 0.05) is 23.7 Å². The second-order valence-electron chi connectivity index (χ2n) is 5.33. The van der Waals surface area contributed by atoms with Gasteiger partial charge in [-0.3, -0.25) is 9.59 Å². The summed E-state index contributed by atoms with van der Waals surface area (Å²) in [6.07, 6.45) is 0.474. The number of nitrogens with one attached hydrogen (secondary N) is 2. The normalized spacial score (nSPS) is 10.3. The highest BCUT2D eigenvalue weighted by Crippen LogP contribution is 2.29. The summed E-state index contributed by atoms with van der Waals surface area (Å²) in [5.74, 6) is 1.49. The van der Waals surface area contributed by atoms with Crippen LogP contribution in [0.15, 0.2) is 23.0 Å². The average Bonchev–Trinajstić information content (AvgIpc) is 2.53. The van der Waals surface area contributed by atoms with Crippen LogP contribution in [-0.4, -0.2) is 30.1 Å². The number of methoxy groups -OCH3 is 2. The third-order valence-corrected chi connectivity index (χ3v) is 3.62. The highest BCUT2D eigenvalue weighted by Gasteiger charge is 2.12. The zero-order chi connectivity index (χ0) is 17.7. The molecule has 0 fully saturated rings. The maximum atomic E-state index is 12.2. The molecule has 1 aromatic carbocycles. The molecule has 1 heterocycles. The molecule has 0 radical (unpaired) electrons. The first kappa shape index (κ1) is 17.5. The van der Waals surface area contributed by atoms with Crippen molar-refractivity contribution in [2.75, 3.05) is 19.5 Å². The summed E-state index contributed by atoms with van der Waals surface area (Å²) in [6.45, 7) is 3.49.